The Kier molecular flexibility index (Phi) is 14.3. The van der Waals surface area contributed by atoms with Crippen LogP contribution in [0.15, 0.2) is 42.9 Å². The molecule has 4 atom stereocenters. The van der Waals surface area contributed by atoms with Crippen LogP contribution >= 0.6 is 0 Å². The van der Waals surface area contributed by atoms with Gasteiger partial charge in [0.1, 0.15) is 17.7 Å². The molecule has 0 spiro atoms. The first-order valence-corrected chi connectivity index (χ1v) is 15.3. The maximum absolute atomic E-state index is 14.7. The van der Waals surface area contributed by atoms with Gasteiger partial charge in [0.25, 0.3) is 0 Å². The summed E-state index contributed by atoms with van der Waals surface area (Å²) >= 11 is 0. The number of hydrogen-bond donors (Lipinski definition) is 5. The number of nitrogens with one attached hydrogen (secondary N) is 3. The number of aromatic nitrogens is 2. The number of nitrogens with two attached hydrogens (primary N) is 1. The van der Waals surface area contributed by atoms with Crippen LogP contribution in [0, 0.1) is 5.92 Å². The van der Waals surface area contributed by atoms with Gasteiger partial charge in [-0.05, 0) is 45.1 Å². The van der Waals surface area contributed by atoms with E-state index in [9.17, 15) is 24.3 Å². The molecule has 12 heteroatoms. The highest BCUT2D eigenvalue weighted by Gasteiger charge is 2.41. The lowest BCUT2D eigenvalue weighted by molar-refractivity contribution is -0.147. The Hall–Kier alpha value is -3.93. The number of aliphatic hydroxyl groups is 1. The Morgan fingerprint density at radius 1 is 1.11 bits per heavy atom. The minimum Gasteiger partial charge on any atom is -0.444 e. The van der Waals surface area contributed by atoms with Crippen molar-refractivity contribution in [2.24, 2.45) is 11.7 Å². The highest BCUT2D eigenvalue weighted by Crippen LogP contribution is 2.23. The largest absolute Gasteiger partial charge is 0.444 e. The molecule has 12 nitrogen and oxygen atoms in total. The van der Waals surface area contributed by atoms with Crippen molar-refractivity contribution < 1.29 is 29.0 Å². The van der Waals surface area contributed by atoms with Gasteiger partial charge in [0.2, 0.25) is 17.7 Å². The summed E-state index contributed by atoms with van der Waals surface area (Å²) in [6, 6.07) is 5.78. The molecule has 1 aromatic heterocycles. The predicted octanol–water partition coefficient (Wildman–Crippen LogP) is 2.85. The average Bonchev–Trinajstić information content (AvgIpc) is 3.46. The summed E-state index contributed by atoms with van der Waals surface area (Å²) in [5, 5.41) is 17.0. The number of imidazole rings is 1. The fraction of sp³-hybridized carbons (Fsp3) is 0.594. The van der Waals surface area contributed by atoms with Gasteiger partial charge in [0, 0.05) is 32.0 Å². The fourth-order valence-electron chi connectivity index (χ4n) is 4.88. The molecular formula is C32H50N6O6. The molecule has 4 amide bonds. The number of aliphatic hydroxyl groups excluding tert-OH is 1. The van der Waals surface area contributed by atoms with Gasteiger partial charge < -0.3 is 36.1 Å². The van der Waals surface area contributed by atoms with Crippen molar-refractivity contribution in [1.82, 2.24) is 25.5 Å². The highest BCUT2D eigenvalue weighted by atomic mass is 16.6. The van der Waals surface area contributed by atoms with Crippen LogP contribution in [0.3, 0.4) is 0 Å². The van der Waals surface area contributed by atoms with E-state index in [4.69, 9.17) is 10.5 Å². The van der Waals surface area contributed by atoms with E-state index in [-0.39, 0.29) is 37.6 Å². The molecule has 0 aliphatic rings. The quantitative estimate of drug-likeness (QED) is 0.182. The Morgan fingerprint density at radius 3 is 2.34 bits per heavy atom. The first-order chi connectivity index (χ1) is 20.7. The van der Waals surface area contributed by atoms with Gasteiger partial charge in [0.15, 0.2) is 0 Å². The number of carbonyl (C=O) groups excluding carboxylic acids is 4. The van der Waals surface area contributed by atoms with Crippen LogP contribution in [-0.4, -0.2) is 80.2 Å². The molecule has 1 aromatic carbocycles. The lowest BCUT2D eigenvalue weighted by Crippen LogP contribution is -2.63. The van der Waals surface area contributed by atoms with Crippen LogP contribution < -0.4 is 16.4 Å². The average molecular weight is 615 g/mol. The zero-order valence-electron chi connectivity index (χ0n) is 26.8. The van der Waals surface area contributed by atoms with Crippen molar-refractivity contribution in [3.05, 3.63) is 54.1 Å². The minimum atomic E-state index is -1.24. The lowest BCUT2D eigenvalue weighted by Gasteiger charge is -2.41. The molecule has 0 aliphatic carbocycles. The molecule has 0 fully saturated rings. The normalized spacial score (nSPS) is 14.3. The third kappa shape index (κ3) is 12.4. The van der Waals surface area contributed by atoms with E-state index in [2.05, 4.69) is 20.6 Å². The summed E-state index contributed by atoms with van der Waals surface area (Å²) in [4.78, 5) is 61.5. The maximum atomic E-state index is 14.7. The standard InChI is InChI=1S/C32H50N6O6/c1-7-8-14-28(40)35-19-27(39)25(15-21(2)3)38(26(29(33)41)17-23-18-34-20-36-23)30(42)24(16-22-12-10-9-11-13-22)37-31(43)44-32(4,5)6/h9-13,18,20-21,24-27,39H,7-8,14-17,19H2,1-6H3,(H2,33,41)(H,34,36)(H,35,40)(H,37,43)/t24-,25?,26-,27?/m0/s1. The molecule has 0 aliphatic heterocycles. The molecule has 2 unspecified atom stereocenters. The van der Waals surface area contributed by atoms with Gasteiger partial charge in [-0.25, -0.2) is 9.78 Å². The van der Waals surface area contributed by atoms with Crippen molar-refractivity contribution in [3.8, 4) is 0 Å². The van der Waals surface area contributed by atoms with Gasteiger partial charge >= 0.3 is 6.09 Å². The molecule has 6 N–H and O–H groups in total. The molecule has 2 rings (SSSR count). The summed E-state index contributed by atoms with van der Waals surface area (Å²) in [5.41, 5.74) is 6.36. The van der Waals surface area contributed by atoms with Crippen molar-refractivity contribution in [2.45, 2.75) is 110 Å². The SMILES string of the molecule is CCCCC(=O)NCC(O)C(CC(C)C)N(C(=O)[C@H](Cc1ccccc1)NC(=O)OC(C)(C)C)[C@@H](Cc1c[nH]cn1)C(N)=O. The van der Waals surface area contributed by atoms with Gasteiger partial charge in [-0.1, -0.05) is 57.5 Å². The monoisotopic (exact) mass is 614 g/mol. The van der Waals surface area contributed by atoms with E-state index in [0.29, 0.717) is 18.5 Å². The van der Waals surface area contributed by atoms with Crippen LogP contribution in [0.5, 0.6) is 0 Å². The molecule has 2 aromatic rings. The van der Waals surface area contributed by atoms with E-state index in [1.165, 1.54) is 11.2 Å². The molecule has 0 saturated carbocycles. The summed E-state index contributed by atoms with van der Waals surface area (Å²) in [6.45, 7) is 10.8. The van der Waals surface area contributed by atoms with Gasteiger partial charge in [0.05, 0.1) is 24.2 Å². The maximum Gasteiger partial charge on any atom is 0.408 e. The minimum absolute atomic E-state index is 0.0222. The summed E-state index contributed by atoms with van der Waals surface area (Å²) in [6.07, 6.45) is 3.19. The number of carbonyl (C=O) groups is 4. The summed E-state index contributed by atoms with van der Waals surface area (Å²) in [5.74, 6) is -1.67. The number of aromatic amines is 1. The van der Waals surface area contributed by atoms with E-state index < -0.39 is 47.7 Å². The van der Waals surface area contributed by atoms with Gasteiger partial charge in [-0.2, -0.15) is 0 Å². The van der Waals surface area contributed by atoms with Crippen LogP contribution in [0.4, 0.5) is 4.79 Å². The first-order valence-electron chi connectivity index (χ1n) is 15.3. The second-order valence-corrected chi connectivity index (χ2v) is 12.5. The van der Waals surface area contributed by atoms with Crippen molar-refractivity contribution in [2.75, 3.05) is 6.54 Å². The number of hydrogen-bond acceptors (Lipinski definition) is 7. The second kappa shape index (κ2) is 17.4. The Bertz CT molecular complexity index is 1180. The first kappa shape index (κ1) is 36.3. The third-order valence-electron chi connectivity index (χ3n) is 6.93. The third-order valence-corrected chi connectivity index (χ3v) is 6.93. The number of ether oxygens (including phenoxy) is 1. The van der Waals surface area contributed by atoms with Crippen LogP contribution in [0.2, 0.25) is 0 Å². The fourth-order valence-corrected chi connectivity index (χ4v) is 4.88. The van der Waals surface area contributed by atoms with Crippen molar-refractivity contribution >= 4 is 23.8 Å². The Balaban J connectivity index is 2.59. The zero-order valence-corrected chi connectivity index (χ0v) is 26.8. The van der Waals surface area contributed by atoms with Gasteiger partial charge in [-0.3, -0.25) is 14.4 Å². The van der Waals surface area contributed by atoms with Crippen LogP contribution in [0.1, 0.15) is 78.5 Å². The summed E-state index contributed by atoms with van der Waals surface area (Å²) in [7, 11) is 0. The molecule has 44 heavy (non-hydrogen) atoms. The van der Waals surface area contributed by atoms with Crippen molar-refractivity contribution in [3.63, 3.8) is 0 Å². The Morgan fingerprint density at radius 2 is 1.80 bits per heavy atom. The number of rotatable bonds is 17. The molecule has 1 heterocycles. The van der Waals surface area contributed by atoms with Crippen LogP contribution in [-0.2, 0) is 32.0 Å². The van der Waals surface area contributed by atoms with E-state index in [1.54, 1.807) is 27.0 Å². The number of nitrogens with zero attached hydrogens (tertiary/aromatic N) is 2. The zero-order chi connectivity index (χ0) is 32.9. The number of alkyl carbamates (subject to hydrolysis) is 1. The number of benzene rings is 1. The number of unbranched alkanes of at least 4 members (excludes halogenated alkanes) is 1. The topological polar surface area (TPSA) is 180 Å². The van der Waals surface area contributed by atoms with E-state index in [1.807, 2.05) is 51.1 Å². The smallest absolute Gasteiger partial charge is 0.408 e. The van der Waals surface area contributed by atoms with Crippen LogP contribution in [0.25, 0.3) is 0 Å². The molecule has 244 valence electrons. The molecule has 0 saturated heterocycles. The lowest BCUT2D eigenvalue weighted by atomic mass is 9.92. The highest BCUT2D eigenvalue weighted by molar-refractivity contribution is 5.91. The second-order valence-electron chi connectivity index (χ2n) is 12.5. The van der Waals surface area contributed by atoms with E-state index >= 15 is 0 Å². The molecular weight excluding hydrogens is 564 g/mol. The number of primary amides is 1. The molecule has 0 bridgehead atoms. The van der Waals surface area contributed by atoms with Gasteiger partial charge in [-0.15, -0.1) is 0 Å². The van der Waals surface area contributed by atoms with Crippen molar-refractivity contribution in [1.29, 1.82) is 0 Å². The number of H-pyrrole nitrogens is 1. The van der Waals surface area contributed by atoms with E-state index in [0.717, 1.165) is 12.0 Å². The number of amides is 4. The summed E-state index contributed by atoms with van der Waals surface area (Å²) < 4.78 is 5.48. The molecule has 0 radical (unpaired) electrons. The Labute approximate surface area is 260 Å². The predicted molar refractivity (Wildman–Crippen MR) is 167 cm³/mol.